The van der Waals surface area contributed by atoms with Crippen LogP contribution in [0.25, 0.3) is 22.3 Å². The Bertz CT molecular complexity index is 1560. The fourth-order valence-electron chi connectivity index (χ4n) is 4.61. The molecule has 190 valence electrons. The first-order chi connectivity index (χ1) is 18.2. The lowest BCUT2D eigenvalue weighted by Gasteiger charge is -2.29. The third-order valence-electron chi connectivity index (χ3n) is 6.49. The molecule has 0 aromatic heterocycles. The Morgan fingerprint density at radius 2 is 0.895 bits per heavy atom. The van der Waals surface area contributed by atoms with Crippen molar-refractivity contribution in [3.63, 3.8) is 0 Å². The van der Waals surface area contributed by atoms with Gasteiger partial charge in [-0.25, -0.2) is 0 Å². The van der Waals surface area contributed by atoms with E-state index in [1.54, 1.807) is 42.5 Å². The summed E-state index contributed by atoms with van der Waals surface area (Å²) in [5, 5.41) is 25.6. The van der Waals surface area contributed by atoms with E-state index in [0.717, 1.165) is 27.8 Å². The van der Waals surface area contributed by atoms with Crippen LogP contribution in [0.5, 0.6) is 0 Å². The largest absolute Gasteiger partial charge is 0.358 e. The minimum absolute atomic E-state index is 0.296. The van der Waals surface area contributed by atoms with E-state index >= 15 is 0 Å². The minimum Gasteiger partial charge on any atom is -0.358 e. The normalized spacial score (nSPS) is 11.5. The molecule has 0 aliphatic rings. The van der Waals surface area contributed by atoms with Gasteiger partial charge < -0.3 is 10.2 Å². The molecule has 2 nitrogen and oxygen atoms in total. The van der Waals surface area contributed by atoms with E-state index in [-0.39, 0.29) is 0 Å². The van der Waals surface area contributed by atoms with Crippen LogP contribution in [0.15, 0.2) is 109 Å². The van der Waals surface area contributed by atoms with E-state index in [9.17, 15) is 10.2 Å². The summed E-state index contributed by atoms with van der Waals surface area (Å²) < 4.78 is 0. The molecule has 5 rings (SSSR count). The molecule has 0 fully saturated rings. The van der Waals surface area contributed by atoms with Crippen molar-refractivity contribution < 1.29 is 10.2 Å². The molecule has 0 saturated heterocycles. The molecular formula is C32H22Cl4O2. The summed E-state index contributed by atoms with van der Waals surface area (Å²) in [6, 6.07) is 32.7. The van der Waals surface area contributed by atoms with Gasteiger partial charge in [0.2, 0.25) is 5.79 Å². The van der Waals surface area contributed by atoms with Gasteiger partial charge >= 0.3 is 0 Å². The van der Waals surface area contributed by atoms with Crippen LogP contribution >= 0.6 is 46.4 Å². The summed E-state index contributed by atoms with van der Waals surface area (Å²) >= 11 is 24.7. The smallest absolute Gasteiger partial charge is 0.217 e. The Labute approximate surface area is 241 Å². The highest BCUT2D eigenvalue weighted by Crippen LogP contribution is 2.44. The van der Waals surface area contributed by atoms with Crippen molar-refractivity contribution in [2.24, 2.45) is 0 Å². The van der Waals surface area contributed by atoms with Gasteiger partial charge in [-0.15, -0.1) is 0 Å². The molecule has 5 aromatic rings. The number of hydrogen-bond donors (Lipinski definition) is 2. The quantitative estimate of drug-likeness (QED) is 0.197. The monoisotopic (exact) mass is 578 g/mol. The van der Waals surface area contributed by atoms with Crippen LogP contribution in [-0.4, -0.2) is 10.2 Å². The lowest BCUT2D eigenvalue weighted by Crippen LogP contribution is -2.27. The van der Waals surface area contributed by atoms with E-state index in [1.807, 2.05) is 66.7 Å². The third kappa shape index (κ3) is 5.62. The zero-order valence-corrected chi connectivity index (χ0v) is 23.0. The first-order valence-electron chi connectivity index (χ1n) is 11.9. The molecule has 6 heteroatoms. The van der Waals surface area contributed by atoms with Gasteiger partial charge in [-0.3, -0.25) is 0 Å². The standard InChI is InChI=1S/C32H22Cl4O2/c33-25-10-1-20(2-11-25)19-23-7-18-29(32(37,38)24-8-16-28(36)17-9-24)31(22-5-14-27(35)15-6-22)30(23)21-3-12-26(34)13-4-21/h1-18,37-38H,19H2. The predicted octanol–water partition coefficient (Wildman–Crippen LogP) is 9.41. The van der Waals surface area contributed by atoms with Gasteiger partial charge in [0.25, 0.3) is 0 Å². The van der Waals surface area contributed by atoms with Gasteiger partial charge in [0, 0.05) is 31.2 Å². The summed E-state index contributed by atoms with van der Waals surface area (Å²) in [6.45, 7) is 0. The molecule has 38 heavy (non-hydrogen) atoms. The molecule has 0 saturated carbocycles. The maximum Gasteiger partial charge on any atom is 0.217 e. The summed E-state index contributed by atoms with van der Waals surface area (Å²) in [7, 11) is 0. The highest BCUT2D eigenvalue weighted by Gasteiger charge is 2.33. The van der Waals surface area contributed by atoms with Crippen molar-refractivity contribution in [3.05, 3.63) is 152 Å². The van der Waals surface area contributed by atoms with Crippen molar-refractivity contribution in [1.82, 2.24) is 0 Å². The maximum atomic E-state index is 11.6. The van der Waals surface area contributed by atoms with E-state index < -0.39 is 5.79 Å². The van der Waals surface area contributed by atoms with Gasteiger partial charge in [-0.1, -0.05) is 107 Å². The number of rotatable bonds is 6. The van der Waals surface area contributed by atoms with Crippen LogP contribution in [0.3, 0.4) is 0 Å². The van der Waals surface area contributed by atoms with Crippen LogP contribution in [0.4, 0.5) is 0 Å². The van der Waals surface area contributed by atoms with E-state index in [2.05, 4.69) is 0 Å². The predicted molar refractivity (Wildman–Crippen MR) is 158 cm³/mol. The molecule has 0 atom stereocenters. The van der Waals surface area contributed by atoms with Crippen LogP contribution in [-0.2, 0) is 12.2 Å². The second-order valence-corrected chi connectivity index (χ2v) is 10.8. The molecule has 0 aliphatic heterocycles. The molecule has 0 spiro atoms. The van der Waals surface area contributed by atoms with Crippen molar-refractivity contribution in [3.8, 4) is 22.3 Å². The average Bonchev–Trinajstić information content (AvgIpc) is 2.91. The topological polar surface area (TPSA) is 40.5 Å². The Balaban J connectivity index is 1.81. The Morgan fingerprint density at radius 3 is 1.39 bits per heavy atom. The molecule has 0 radical (unpaired) electrons. The molecule has 2 N–H and O–H groups in total. The van der Waals surface area contributed by atoms with Crippen molar-refractivity contribution in [2.45, 2.75) is 12.2 Å². The summed E-state index contributed by atoms with van der Waals surface area (Å²) in [4.78, 5) is 0. The number of halogens is 4. The fraction of sp³-hybridized carbons (Fsp3) is 0.0625. The second-order valence-electron chi connectivity index (χ2n) is 9.02. The lowest BCUT2D eigenvalue weighted by molar-refractivity contribution is -0.131. The summed E-state index contributed by atoms with van der Waals surface area (Å²) in [5.41, 5.74) is 5.89. The Kier molecular flexibility index (Phi) is 7.83. The maximum absolute atomic E-state index is 11.6. The van der Waals surface area contributed by atoms with E-state index in [4.69, 9.17) is 46.4 Å². The molecular weight excluding hydrogens is 558 g/mol. The second kappa shape index (κ2) is 11.1. The van der Waals surface area contributed by atoms with Crippen molar-refractivity contribution >= 4 is 46.4 Å². The van der Waals surface area contributed by atoms with Gasteiger partial charge in [-0.2, -0.15) is 0 Å². The first-order valence-corrected chi connectivity index (χ1v) is 13.4. The van der Waals surface area contributed by atoms with Crippen LogP contribution in [0.2, 0.25) is 20.1 Å². The van der Waals surface area contributed by atoms with Crippen molar-refractivity contribution in [1.29, 1.82) is 0 Å². The molecule has 0 heterocycles. The van der Waals surface area contributed by atoms with Gasteiger partial charge in [-0.05, 0) is 88.3 Å². The SMILES string of the molecule is OC(O)(c1ccc(Cl)cc1)c1ccc(Cc2ccc(Cl)cc2)c(-c2ccc(Cl)cc2)c1-c1ccc(Cl)cc1. The number of benzene rings is 5. The highest BCUT2D eigenvalue weighted by atomic mass is 35.5. The van der Waals surface area contributed by atoms with Crippen LogP contribution in [0, 0.1) is 0 Å². The van der Waals surface area contributed by atoms with Gasteiger partial charge in [0.05, 0.1) is 0 Å². The first kappa shape index (κ1) is 26.8. The molecule has 0 bridgehead atoms. The van der Waals surface area contributed by atoms with E-state index in [0.29, 0.717) is 43.2 Å². The van der Waals surface area contributed by atoms with Crippen molar-refractivity contribution in [2.75, 3.05) is 0 Å². The zero-order chi connectivity index (χ0) is 26.9. The minimum atomic E-state index is -2.31. The number of aliphatic hydroxyl groups is 2. The Hall–Kier alpha value is -2.82. The number of hydrogen-bond acceptors (Lipinski definition) is 2. The molecule has 0 aliphatic carbocycles. The van der Waals surface area contributed by atoms with E-state index in [1.165, 1.54) is 0 Å². The lowest BCUT2D eigenvalue weighted by atomic mass is 9.81. The van der Waals surface area contributed by atoms with Gasteiger partial charge in [0.15, 0.2) is 0 Å². The summed E-state index contributed by atoms with van der Waals surface area (Å²) in [6.07, 6.45) is 0.598. The molecule has 0 amide bonds. The van der Waals surface area contributed by atoms with Gasteiger partial charge in [0.1, 0.15) is 0 Å². The Morgan fingerprint density at radius 1 is 0.474 bits per heavy atom. The zero-order valence-electron chi connectivity index (χ0n) is 20.0. The summed E-state index contributed by atoms with van der Waals surface area (Å²) in [5.74, 6) is -2.31. The van der Waals surface area contributed by atoms with Crippen LogP contribution < -0.4 is 0 Å². The molecule has 0 unspecified atom stereocenters. The highest BCUT2D eigenvalue weighted by molar-refractivity contribution is 6.31. The van der Waals surface area contributed by atoms with Crippen LogP contribution in [0.1, 0.15) is 22.3 Å². The third-order valence-corrected chi connectivity index (χ3v) is 7.50. The average molecular weight is 580 g/mol. The fourth-order valence-corrected chi connectivity index (χ4v) is 5.11. The molecule has 5 aromatic carbocycles.